The van der Waals surface area contributed by atoms with Crippen molar-refractivity contribution in [3.8, 4) is 11.5 Å². The zero-order chi connectivity index (χ0) is 12.3. The summed E-state index contributed by atoms with van der Waals surface area (Å²) in [5.41, 5.74) is 1.06. The second-order valence-electron chi connectivity index (χ2n) is 4.17. The van der Waals surface area contributed by atoms with Crippen molar-refractivity contribution in [1.82, 2.24) is 0 Å². The quantitative estimate of drug-likeness (QED) is 0.852. The van der Waals surface area contributed by atoms with Crippen molar-refractivity contribution in [2.75, 3.05) is 13.7 Å². The molecule has 1 aromatic carbocycles. The summed E-state index contributed by atoms with van der Waals surface area (Å²) < 4.78 is 17.6. The first-order valence-corrected chi connectivity index (χ1v) is 6.62. The van der Waals surface area contributed by atoms with Crippen molar-refractivity contribution in [1.29, 1.82) is 0 Å². The Bertz CT molecular complexity index is 386. The van der Waals surface area contributed by atoms with Crippen molar-refractivity contribution in [2.24, 2.45) is 0 Å². The van der Waals surface area contributed by atoms with Gasteiger partial charge in [-0.25, -0.2) is 0 Å². The molecule has 0 aromatic heterocycles. The Balaban J connectivity index is 2.12. The molecule has 4 heteroatoms. The lowest BCUT2D eigenvalue weighted by Crippen LogP contribution is -2.25. The predicted molar refractivity (Wildman–Crippen MR) is 69.7 cm³/mol. The second kappa shape index (κ2) is 5.74. The van der Waals surface area contributed by atoms with Gasteiger partial charge in [0.2, 0.25) is 0 Å². The molecule has 1 aliphatic heterocycles. The number of hydrogen-bond donors (Lipinski definition) is 0. The molecule has 3 nitrogen and oxygen atoms in total. The van der Waals surface area contributed by atoms with Gasteiger partial charge < -0.3 is 14.2 Å². The van der Waals surface area contributed by atoms with Gasteiger partial charge >= 0.3 is 0 Å². The van der Waals surface area contributed by atoms with Gasteiger partial charge in [-0.15, -0.1) is 0 Å². The Kier molecular flexibility index (Phi) is 4.29. The summed E-state index contributed by atoms with van der Waals surface area (Å²) in [6.45, 7) is 2.79. The third kappa shape index (κ3) is 3.13. The van der Waals surface area contributed by atoms with E-state index in [-0.39, 0.29) is 6.29 Å². The van der Waals surface area contributed by atoms with Crippen LogP contribution in [0.1, 0.15) is 24.8 Å². The minimum Gasteiger partial charge on any atom is -0.496 e. The van der Waals surface area contributed by atoms with E-state index in [1.807, 2.05) is 19.1 Å². The average Bonchev–Trinajstić information content (AvgIpc) is 2.34. The number of aryl methyl sites for hydroxylation is 1. The molecule has 94 valence electrons. The standard InChI is InChI=1S/C13H17BrO3/c1-9-7-12(10(14)8-11(9)15-2)17-13-5-3-4-6-16-13/h7-8,13H,3-6H2,1-2H3/t13-/m0/s1. The van der Waals surface area contributed by atoms with E-state index >= 15 is 0 Å². The molecule has 0 saturated carbocycles. The summed E-state index contributed by atoms with van der Waals surface area (Å²) in [6, 6.07) is 3.90. The minimum atomic E-state index is -0.118. The molecule has 0 N–H and O–H groups in total. The molecule has 0 aliphatic carbocycles. The van der Waals surface area contributed by atoms with E-state index in [1.165, 1.54) is 0 Å². The number of halogens is 1. The van der Waals surface area contributed by atoms with Crippen LogP contribution >= 0.6 is 15.9 Å². The number of rotatable bonds is 3. The lowest BCUT2D eigenvalue weighted by molar-refractivity contribution is -0.106. The molecule has 1 aliphatic rings. The largest absolute Gasteiger partial charge is 0.496 e. The Morgan fingerprint density at radius 1 is 1.29 bits per heavy atom. The summed E-state index contributed by atoms with van der Waals surface area (Å²) in [4.78, 5) is 0. The highest BCUT2D eigenvalue weighted by Gasteiger charge is 2.17. The molecular weight excluding hydrogens is 284 g/mol. The summed E-state index contributed by atoms with van der Waals surface area (Å²) >= 11 is 3.49. The summed E-state index contributed by atoms with van der Waals surface area (Å²) in [7, 11) is 1.67. The van der Waals surface area contributed by atoms with Crippen molar-refractivity contribution < 1.29 is 14.2 Å². The van der Waals surface area contributed by atoms with E-state index in [1.54, 1.807) is 7.11 Å². The van der Waals surface area contributed by atoms with Crippen molar-refractivity contribution in [2.45, 2.75) is 32.5 Å². The first kappa shape index (κ1) is 12.7. The van der Waals surface area contributed by atoms with Gasteiger partial charge in [-0.1, -0.05) is 0 Å². The number of methoxy groups -OCH3 is 1. The van der Waals surface area contributed by atoms with Crippen LogP contribution in [0.2, 0.25) is 0 Å². The zero-order valence-corrected chi connectivity index (χ0v) is 11.7. The number of benzene rings is 1. The number of hydrogen-bond acceptors (Lipinski definition) is 3. The fraction of sp³-hybridized carbons (Fsp3) is 0.538. The zero-order valence-electron chi connectivity index (χ0n) is 10.2. The third-order valence-electron chi connectivity index (χ3n) is 2.85. The van der Waals surface area contributed by atoms with Gasteiger partial charge in [0.25, 0.3) is 0 Å². The van der Waals surface area contributed by atoms with Gasteiger partial charge in [0.1, 0.15) is 11.5 Å². The average molecular weight is 301 g/mol. The Morgan fingerprint density at radius 2 is 2.12 bits per heavy atom. The van der Waals surface area contributed by atoms with Gasteiger partial charge in [0.05, 0.1) is 18.2 Å². The van der Waals surface area contributed by atoms with Crippen LogP contribution in [0.5, 0.6) is 11.5 Å². The molecule has 1 heterocycles. The van der Waals surface area contributed by atoms with Crippen LogP contribution in [-0.2, 0) is 4.74 Å². The van der Waals surface area contributed by atoms with Gasteiger partial charge in [-0.05, 0) is 53.4 Å². The molecule has 17 heavy (non-hydrogen) atoms. The first-order chi connectivity index (χ1) is 8.20. The molecule has 0 radical (unpaired) electrons. The highest BCUT2D eigenvalue weighted by Crippen LogP contribution is 2.33. The summed E-state index contributed by atoms with van der Waals surface area (Å²) in [5.74, 6) is 1.67. The van der Waals surface area contributed by atoms with Crippen LogP contribution in [0.25, 0.3) is 0 Å². The van der Waals surface area contributed by atoms with Gasteiger partial charge in [0, 0.05) is 6.42 Å². The molecule has 2 rings (SSSR count). The second-order valence-corrected chi connectivity index (χ2v) is 5.02. The van der Waals surface area contributed by atoms with Crippen LogP contribution in [-0.4, -0.2) is 20.0 Å². The van der Waals surface area contributed by atoms with E-state index in [2.05, 4.69) is 15.9 Å². The van der Waals surface area contributed by atoms with Crippen molar-refractivity contribution in [3.05, 3.63) is 22.2 Å². The fourth-order valence-electron chi connectivity index (χ4n) is 1.89. The third-order valence-corrected chi connectivity index (χ3v) is 3.47. The Morgan fingerprint density at radius 3 is 2.76 bits per heavy atom. The van der Waals surface area contributed by atoms with Gasteiger partial charge in [-0.2, -0.15) is 0 Å². The minimum absolute atomic E-state index is 0.118. The lowest BCUT2D eigenvalue weighted by atomic mass is 10.2. The van der Waals surface area contributed by atoms with Crippen molar-refractivity contribution in [3.63, 3.8) is 0 Å². The molecule has 0 bridgehead atoms. The predicted octanol–water partition coefficient (Wildman–Crippen LogP) is 3.67. The van der Waals surface area contributed by atoms with Crippen LogP contribution in [0.4, 0.5) is 0 Å². The molecule has 1 fully saturated rings. The smallest absolute Gasteiger partial charge is 0.199 e. The summed E-state index contributed by atoms with van der Waals surface area (Å²) in [5, 5.41) is 0. The van der Waals surface area contributed by atoms with E-state index in [0.29, 0.717) is 0 Å². The maximum absolute atomic E-state index is 5.84. The highest BCUT2D eigenvalue weighted by molar-refractivity contribution is 9.10. The lowest BCUT2D eigenvalue weighted by Gasteiger charge is -2.24. The summed E-state index contributed by atoms with van der Waals surface area (Å²) in [6.07, 6.45) is 3.13. The Labute approximate surface area is 110 Å². The molecule has 0 amide bonds. The van der Waals surface area contributed by atoms with E-state index < -0.39 is 0 Å². The van der Waals surface area contributed by atoms with E-state index in [4.69, 9.17) is 14.2 Å². The topological polar surface area (TPSA) is 27.7 Å². The SMILES string of the molecule is COc1cc(Br)c(O[C@H]2CCCCO2)cc1C. The molecule has 0 spiro atoms. The highest BCUT2D eigenvalue weighted by atomic mass is 79.9. The van der Waals surface area contributed by atoms with Crippen LogP contribution < -0.4 is 9.47 Å². The Hall–Kier alpha value is -0.740. The maximum Gasteiger partial charge on any atom is 0.199 e. The molecule has 1 aromatic rings. The van der Waals surface area contributed by atoms with E-state index in [0.717, 1.165) is 47.4 Å². The molecular formula is C13H17BrO3. The van der Waals surface area contributed by atoms with Crippen LogP contribution in [0, 0.1) is 6.92 Å². The van der Waals surface area contributed by atoms with E-state index in [9.17, 15) is 0 Å². The number of ether oxygens (including phenoxy) is 3. The molecule has 1 saturated heterocycles. The monoisotopic (exact) mass is 300 g/mol. The first-order valence-electron chi connectivity index (χ1n) is 5.83. The maximum atomic E-state index is 5.84. The van der Waals surface area contributed by atoms with Crippen LogP contribution in [0.15, 0.2) is 16.6 Å². The van der Waals surface area contributed by atoms with Gasteiger partial charge in [0.15, 0.2) is 6.29 Å². The van der Waals surface area contributed by atoms with Gasteiger partial charge in [-0.3, -0.25) is 0 Å². The normalized spacial score (nSPS) is 20.1. The van der Waals surface area contributed by atoms with Crippen molar-refractivity contribution >= 4 is 15.9 Å². The molecule has 0 unspecified atom stereocenters. The molecule has 1 atom stereocenters. The fourth-order valence-corrected chi connectivity index (χ4v) is 2.31. The van der Waals surface area contributed by atoms with Crippen LogP contribution in [0.3, 0.4) is 0 Å².